The van der Waals surface area contributed by atoms with Crippen LogP contribution in [0.1, 0.15) is 17.8 Å². The zero-order valence-corrected chi connectivity index (χ0v) is 19.9. The van der Waals surface area contributed by atoms with Gasteiger partial charge in [-0.1, -0.05) is 66.7 Å². The molecule has 5 nitrogen and oxygen atoms in total. The van der Waals surface area contributed by atoms with E-state index in [9.17, 15) is 4.79 Å². The Labute approximate surface area is 201 Å². The van der Waals surface area contributed by atoms with Crippen molar-refractivity contribution in [2.75, 3.05) is 27.2 Å². The zero-order valence-electron chi connectivity index (χ0n) is 19.9. The predicted octanol–water partition coefficient (Wildman–Crippen LogP) is 5.03. The molecule has 1 amide bonds. The maximum absolute atomic E-state index is 12.4. The van der Waals surface area contributed by atoms with Crippen LogP contribution in [0.25, 0.3) is 28.2 Å². The van der Waals surface area contributed by atoms with E-state index >= 15 is 0 Å². The maximum Gasteiger partial charge on any atom is 0.244 e. The molecule has 0 saturated heterocycles. The highest BCUT2D eigenvalue weighted by Gasteiger charge is 2.10. The standard InChI is InChI=1S/C29H32N4O/c1-32(2)21-8-22-33-27-12-7-6-11-26(27)31-28(33)19-20-30-29(34)18-15-23-13-16-25(17-14-23)24-9-4-3-5-10-24/h3-7,9-18H,8,19-22H2,1-2H3,(H,30,34)/b18-15+. The summed E-state index contributed by atoms with van der Waals surface area (Å²) in [5.41, 5.74) is 5.51. The highest BCUT2D eigenvalue weighted by Crippen LogP contribution is 2.20. The largest absolute Gasteiger partial charge is 0.352 e. The molecule has 0 aliphatic heterocycles. The van der Waals surface area contributed by atoms with Gasteiger partial charge in [0.15, 0.2) is 0 Å². The number of carbonyl (C=O) groups excluding carboxylic acids is 1. The van der Waals surface area contributed by atoms with E-state index in [1.54, 1.807) is 6.08 Å². The van der Waals surface area contributed by atoms with Gasteiger partial charge in [0.1, 0.15) is 5.82 Å². The number of hydrogen-bond acceptors (Lipinski definition) is 3. The Morgan fingerprint density at radius 3 is 2.41 bits per heavy atom. The van der Waals surface area contributed by atoms with Gasteiger partial charge in [0.05, 0.1) is 11.0 Å². The van der Waals surface area contributed by atoms with Crippen LogP contribution in [0.4, 0.5) is 0 Å². The molecule has 1 aromatic heterocycles. The molecule has 0 saturated carbocycles. The summed E-state index contributed by atoms with van der Waals surface area (Å²) in [6.45, 7) is 2.49. The number of aromatic nitrogens is 2. The Balaban J connectivity index is 1.32. The van der Waals surface area contributed by atoms with Gasteiger partial charge in [-0.25, -0.2) is 4.98 Å². The molecule has 1 heterocycles. The van der Waals surface area contributed by atoms with Crippen molar-refractivity contribution in [3.63, 3.8) is 0 Å². The minimum absolute atomic E-state index is 0.0950. The molecule has 34 heavy (non-hydrogen) atoms. The normalized spacial score (nSPS) is 11.5. The van der Waals surface area contributed by atoms with E-state index in [0.717, 1.165) is 47.5 Å². The Morgan fingerprint density at radius 2 is 1.65 bits per heavy atom. The fraction of sp³-hybridized carbons (Fsp3) is 0.241. The highest BCUT2D eigenvalue weighted by molar-refractivity contribution is 5.91. The van der Waals surface area contributed by atoms with E-state index in [2.05, 4.69) is 65.3 Å². The SMILES string of the molecule is CN(C)CCCn1c(CCNC(=O)/C=C/c2ccc(-c3ccccc3)cc2)nc2ccccc21. The molecule has 5 heteroatoms. The number of fused-ring (bicyclic) bond motifs is 1. The molecule has 0 aliphatic rings. The van der Waals surface area contributed by atoms with Crippen LogP contribution in [-0.4, -0.2) is 47.5 Å². The van der Waals surface area contributed by atoms with Crippen LogP contribution in [0, 0.1) is 0 Å². The molecule has 174 valence electrons. The van der Waals surface area contributed by atoms with Crippen LogP contribution in [-0.2, 0) is 17.8 Å². The molecule has 0 atom stereocenters. The molecule has 0 unspecified atom stereocenters. The smallest absolute Gasteiger partial charge is 0.244 e. The molecule has 0 fully saturated rings. The lowest BCUT2D eigenvalue weighted by atomic mass is 10.0. The van der Waals surface area contributed by atoms with Crippen LogP contribution in [0.15, 0.2) is 84.9 Å². The van der Waals surface area contributed by atoms with Crippen molar-refractivity contribution < 1.29 is 4.79 Å². The number of amides is 1. The van der Waals surface area contributed by atoms with Gasteiger partial charge in [0.2, 0.25) is 5.91 Å². The summed E-state index contributed by atoms with van der Waals surface area (Å²) in [5.74, 6) is 0.920. The first-order valence-electron chi connectivity index (χ1n) is 11.8. The van der Waals surface area contributed by atoms with E-state index in [1.165, 1.54) is 5.56 Å². The molecular weight excluding hydrogens is 420 g/mol. The average molecular weight is 453 g/mol. The summed E-state index contributed by atoms with van der Waals surface area (Å²) in [7, 11) is 4.18. The monoisotopic (exact) mass is 452 g/mol. The quantitative estimate of drug-likeness (QED) is 0.344. The van der Waals surface area contributed by atoms with Gasteiger partial charge >= 0.3 is 0 Å². The van der Waals surface area contributed by atoms with Gasteiger partial charge in [0, 0.05) is 25.6 Å². The zero-order chi connectivity index (χ0) is 23.8. The third-order valence-corrected chi connectivity index (χ3v) is 5.81. The first-order valence-corrected chi connectivity index (χ1v) is 11.8. The Hall–Kier alpha value is -3.70. The van der Waals surface area contributed by atoms with E-state index in [1.807, 2.05) is 48.5 Å². The van der Waals surface area contributed by atoms with E-state index < -0.39 is 0 Å². The predicted molar refractivity (Wildman–Crippen MR) is 141 cm³/mol. The highest BCUT2D eigenvalue weighted by atomic mass is 16.1. The first-order chi connectivity index (χ1) is 16.6. The minimum atomic E-state index is -0.0950. The molecule has 0 bridgehead atoms. The topological polar surface area (TPSA) is 50.2 Å². The molecule has 0 aliphatic carbocycles. The van der Waals surface area contributed by atoms with Crippen molar-refractivity contribution in [2.45, 2.75) is 19.4 Å². The molecule has 1 N–H and O–H groups in total. The van der Waals surface area contributed by atoms with Crippen LogP contribution in [0.2, 0.25) is 0 Å². The lowest BCUT2D eigenvalue weighted by Gasteiger charge is -2.12. The van der Waals surface area contributed by atoms with E-state index in [-0.39, 0.29) is 5.91 Å². The average Bonchev–Trinajstić information content (AvgIpc) is 3.21. The first kappa shape index (κ1) is 23.5. The second kappa shape index (κ2) is 11.4. The Morgan fingerprint density at radius 1 is 0.941 bits per heavy atom. The second-order valence-electron chi connectivity index (χ2n) is 8.69. The fourth-order valence-corrected chi connectivity index (χ4v) is 4.06. The Bertz CT molecular complexity index is 1240. The van der Waals surface area contributed by atoms with E-state index in [4.69, 9.17) is 4.98 Å². The fourth-order valence-electron chi connectivity index (χ4n) is 4.06. The molecule has 0 radical (unpaired) electrons. The maximum atomic E-state index is 12.4. The summed E-state index contributed by atoms with van der Waals surface area (Å²) in [5, 5.41) is 3.00. The lowest BCUT2D eigenvalue weighted by Crippen LogP contribution is -2.24. The van der Waals surface area contributed by atoms with Crippen molar-refractivity contribution >= 4 is 23.0 Å². The number of imidazole rings is 1. The van der Waals surface area contributed by atoms with Gasteiger partial charge in [0.25, 0.3) is 0 Å². The molecule has 4 aromatic rings. The van der Waals surface area contributed by atoms with Gasteiger partial charge in [-0.2, -0.15) is 0 Å². The number of hydrogen-bond donors (Lipinski definition) is 1. The van der Waals surface area contributed by atoms with Crippen LogP contribution in [0.5, 0.6) is 0 Å². The van der Waals surface area contributed by atoms with Crippen LogP contribution < -0.4 is 5.32 Å². The van der Waals surface area contributed by atoms with Gasteiger partial charge < -0.3 is 14.8 Å². The summed E-state index contributed by atoms with van der Waals surface area (Å²) < 4.78 is 2.29. The lowest BCUT2D eigenvalue weighted by molar-refractivity contribution is -0.116. The van der Waals surface area contributed by atoms with Crippen LogP contribution in [0.3, 0.4) is 0 Å². The van der Waals surface area contributed by atoms with E-state index in [0.29, 0.717) is 13.0 Å². The van der Waals surface area contributed by atoms with Crippen molar-refractivity contribution in [3.8, 4) is 11.1 Å². The number of rotatable bonds is 10. The van der Waals surface area contributed by atoms with Crippen molar-refractivity contribution in [1.82, 2.24) is 19.8 Å². The Kier molecular flexibility index (Phi) is 7.89. The van der Waals surface area contributed by atoms with Gasteiger partial charge in [-0.15, -0.1) is 0 Å². The summed E-state index contributed by atoms with van der Waals surface area (Å²) in [6, 6.07) is 26.7. The van der Waals surface area contributed by atoms with Crippen LogP contribution >= 0.6 is 0 Å². The second-order valence-corrected chi connectivity index (χ2v) is 8.69. The van der Waals surface area contributed by atoms with Crippen molar-refractivity contribution in [3.05, 3.63) is 96.3 Å². The van der Waals surface area contributed by atoms with Gasteiger partial charge in [-0.05, 0) is 62.0 Å². The number of nitrogens with one attached hydrogen (secondary N) is 1. The minimum Gasteiger partial charge on any atom is -0.352 e. The molecule has 3 aromatic carbocycles. The third kappa shape index (κ3) is 6.21. The number of para-hydroxylation sites is 2. The van der Waals surface area contributed by atoms with Crippen molar-refractivity contribution in [1.29, 1.82) is 0 Å². The summed E-state index contributed by atoms with van der Waals surface area (Å²) in [6.07, 6.45) is 5.19. The third-order valence-electron chi connectivity index (χ3n) is 5.81. The molecular formula is C29H32N4O. The number of nitrogens with zero attached hydrogens (tertiary/aromatic N) is 3. The number of benzene rings is 3. The molecule has 4 rings (SSSR count). The van der Waals surface area contributed by atoms with Gasteiger partial charge in [-0.3, -0.25) is 4.79 Å². The number of aryl methyl sites for hydroxylation is 1. The van der Waals surface area contributed by atoms with Crippen molar-refractivity contribution in [2.24, 2.45) is 0 Å². The summed E-state index contributed by atoms with van der Waals surface area (Å²) >= 11 is 0. The molecule has 0 spiro atoms. The number of carbonyl (C=O) groups is 1. The summed E-state index contributed by atoms with van der Waals surface area (Å²) in [4.78, 5) is 19.4.